The fourth-order valence-electron chi connectivity index (χ4n) is 2.28. The predicted octanol–water partition coefficient (Wildman–Crippen LogP) is 4.66. The molecule has 0 aliphatic carbocycles. The zero-order valence-corrected chi connectivity index (χ0v) is 11.6. The van der Waals surface area contributed by atoms with Crippen molar-refractivity contribution in [3.63, 3.8) is 0 Å². The van der Waals surface area contributed by atoms with Gasteiger partial charge in [-0.2, -0.15) is 0 Å². The Labute approximate surface area is 127 Å². The van der Waals surface area contributed by atoms with E-state index < -0.39 is 0 Å². The standard InChI is InChI=1S/C18H12N2O2/c1-2-5-13(6-3-1)14-8-10-15(11-9-14)17-19-20-18(22-17)16-7-4-12-21-16/h1-12H. The molecule has 4 rings (SSSR count). The SMILES string of the molecule is c1ccc(-c2ccc(-c3nnc(-c4ccco4)o3)cc2)cc1. The van der Waals surface area contributed by atoms with Crippen molar-refractivity contribution in [3.05, 3.63) is 73.0 Å². The van der Waals surface area contributed by atoms with Crippen LogP contribution in [0.3, 0.4) is 0 Å². The first kappa shape index (κ1) is 12.6. The van der Waals surface area contributed by atoms with Crippen LogP contribution in [0.1, 0.15) is 0 Å². The average Bonchev–Trinajstić information content (AvgIpc) is 3.27. The summed E-state index contributed by atoms with van der Waals surface area (Å²) < 4.78 is 10.9. The van der Waals surface area contributed by atoms with Crippen molar-refractivity contribution < 1.29 is 8.83 Å². The van der Waals surface area contributed by atoms with E-state index in [1.807, 2.05) is 42.5 Å². The molecule has 2 aromatic heterocycles. The molecule has 4 aromatic rings. The number of benzene rings is 2. The summed E-state index contributed by atoms with van der Waals surface area (Å²) in [6.45, 7) is 0. The monoisotopic (exact) mass is 288 g/mol. The second kappa shape index (κ2) is 5.33. The van der Waals surface area contributed by atoms with Gasteiger partial charge in [0.25, 0.3) is 5.89 Å². The minimum absolute atomic E-state index is 0.382. The highest BCUT2D eigenvalue weighted by Gasteiger charge is 2.12. The van der Waals surface area contributed by atoms with Gasteiger partial charge >= 0.3 is 0 Å². The summed E-state index contributed by atoms with van der Waals surface area (Å²) in [6.07, 6.45) is 1.58. The normalized spacial score (nSPS) is 10.7. The number of rotatable bonds is 3. The van der Waals surface area contributed by atoms with E-state index in [0.29, 0.717) is 17.5 Å². The summed E-state index contributed by atoms with van der Waals surface area (Å²) in [6, 6.07) is 21.8. The van der Waals surface area contributed by atoms with E-state index in [1.54, 1.807) is 18.4 Å². The Kier molecular flexibility index (Phi) is 3.05. The van der Waals surface area contributed by atoms with Gasteiger partial charge in [0.2, 0.25) is 5.89 Å². The maximum absolute atomic E-state index is 5.64. The Morgan fingerprint density at radius 3 is 2.00 bits per heavy atom. The number of nitrogens with zero attached hydrogens (tertiary/aromatic N) is 2. The van der Waals surface area contributed by atoms with Crippen LogP contribution in [0.5, 0.6) is 0 Å². The van der Waals surface area contributed by atoms with Crippen molar-refractivity contribution in [2.75, 3.05) is 0 Å². The molecular weight excluding hydrogens is 276 g/mol. The highest BCUT2D eigenvalue weighted by Crippen LogP contribution is 2.26. The minimum Gasteiger partial charge on any atom is -0.459 e. The van der Waals surface area contributed by atoms with Gasteiger partial charge < -0.3 is 8.83 Å². The third-order valence-corrected chi connectivity index (χ3v) is 3.40. The molecule has 0 saturated heterocycles. The molecule has 0 radical (unpaired) electrons. The summed E-state index contributed by atoms with van der Waals surface area (Å²) in [5.41, 5.74) is 3.20. The molecule has 106 valence electrons. The van der Waals surface area contributed by atoms with Gasteiger partial charge in [-0.05, 0) is 35.4 Å². The van der Waals surface area contributed by atoms with Crippen molar-refractivity contribution in [2.45, 2.75) is 0 Å². The van der Waals surface area contributed by atoms with Crippen LogP contribution in [-0.4, -0.2) is 10.2 Å². The molecule has 0 aliphatic rings. The average molecular weight is 288 g/mol. The fraction of sp³-hybridized carbons (Fsp3) is 0. The minimum atomic E-state index is 0.382. The van der Waals surface area contributed by atoms with Gasteiger partial charge in [-0.3, -0.25) is 0 Å². The molecule has 0 atom stereocenters. The Balaban J connectivity index is 1.64. The van der Waals surface area contributed by atoms with E-state index in [1.165, 1.54) is 5.56 Å². The molecule has 0 saturated carbocycles. The molecule has 0 aliphatic heterocycles. The summed E-state index contributed by atoms with van der Waals surface area (Å²) in [5.74, 6) is 1.43. The van der Waals surface area contributed by atoms with Crippen LogP contribution in [0, 0.1) is 0 Å². The Morgan fingerprint density at radius 2 is 1.27 bits per heavy atom. The van der Waals surface area contributed by atoms with Crippen LogP contribution >= 0.6 is 0 Å². The molecule has 0 fully saturated rings. The molecule has 2 heterocycles. The van der Waals surface area contributed by atoms with Crippen molar-refractivity contribution in [2.24, 2.45) is 0 Å². The van der Waals surface area contributed by atoms with Crippen molar-refractivity contribution in [1.29, 1.82) is 0 Å². The lowest BCUT2D eigenvalue weighted by Crippen LogP contribution is -1.80. The zero-order valence-electron chi connectivity index (χ0n) is 11.6. The lowest BCUT2D eigenvalue weighted by atomic mass is 10.0. The Morgan fingerprint density at radius 1 is 0.591 bits per heavy atom. The summed E-state index contributed by atoms with van der Waals surface area (Å²) in [7, 11) is 0. The molecule has 22 heavy (non-hydrogen) atoms. The van der Waals surface area contributed by atoms with Gasteiger partial charge in [-0.15, -0.1) is 10.2 Å². The smallest absolute Gasteiger partial charge is 0.283 e. The topological polar surface area (TPSA) is 52.1 Å². The van der Waals surface area contributed by atoms with Crippen molar-refractivity contribution in [3.8, 4) is 34.2 Å². The molecule has 0 N–H and O–H groups in total. The first-order chi connectivity index (χ1) is 10.9. The maximum Gasteiger partial charge on any atom is 0.283 e. The second-order valence-corrected chi connectivity index (χ2v) is 4.83. The molecule has 4 nitrogen and oxygen atoms in total. The maximum atomic E-state index is 5.64. The molecule has 0 amide bonds. The molecular formula is C18H12N2O2. The first-order valence-electron chi connectivity index (χ1n) is 6.93. The van der Waals surface area contributed by atoms with Crippen molar-refractivity contribution in [1.82, 2.24) is 10.2 Å². The summed E-state index contributed by atoms with van der Waals surface area (Å²) in [4.78, 5) is 0. The largest absolute Gasteiger partial charge is 0.459 e. The highest BCUT2D eigenvalue weighted by molar-refractivity contribution is 5.67. The molecule has 0 unspecified atom stereocenters. The lowest BCUT2D eigenvalue weighted by Gasteiger charge is -2.01. The summed E-state index contributed by atoms with van der Waals surface area (Å²) in [5, 5.41) is 8.07. The lowest BCUT2D eigenvalue weighted by molar-refractivity contribution is 0.523. The molecule has 2 aromatic carbocycles. The van der Waals surface area contributed by atoms with Crippen LogP contribution in [0.15, 0.2) is 81.8 Å². The van der Waals surface area contributed by atoms with E-state index in [-0.39, 0.29) is 0 Å². The number of hydrogen-bond donors (Lipinski definition) is 0. The van der Waals surface area contributed by atoms with Gasteiger partial charge in [0.05, 0.1) is 6.26 Å². The van der Waals surface area contributed by atoms with Crippen LogP contribution in [-0.2, 0) is 0 Å². The van der Waals surface area contributed by atoms with E-state index in [4.69, 9.17) is 8.83 Å². The van der Waals surface area contributed by atoms with Crippen molar-refractivity contribution >= 4 is 0 Å². The quantitative estimate of drug-likeness (QED) is 0.550. The third kappa shape index (κ3) is 2.31. The second-order valence-electron chi connectivity index (χ2n) is 4.83. The highest BCUT2D eigenvalue weighted by atomic mass is 16.4. The van der Waals surface area contributed by atoms with Crippen LogP contribution in [0.4, 0.5) is 0 Å². The van der Waals surface area contributed by atoms with Gasteiger partial charge in [-0.1, -0.05) is 42.5 Å². The van der Waals surface area contributed by atoms with E-state index >= 15 is 0 Å². The Hall–Kier alpha value is -3.14. The predicted molar refractivity (Wildman–Crippen MR) is 82.9 cm³/mol. The number of aromatic nitrogens is 2. The number of hydrogen-bond acceptors (Lipinski definition) is 4. The summed E-state index contributed by atoms with van der Waals surface area (Å²) >= 11 is 0. The molecule has 0 spiro atoms. The van der Waals surface area contributed by atoms with Crippen LogP contribution < -0.4 is 0 Å². The van der Waals surface area contributed by atoms with E-state index in [9.17, 15) is 0 Å². The van der Waals surface area contributed by atoms with Gasteiger partial charge in [-0.25, -0.2) is 0 Å². The third-order valence-electron chi connectivity index (χ3n) is 3.40. The van der Waals surface area contributed by atoms with Gasteiger partial charge in [0.1, 0.15) is 0 Å². The van der Waals surface area contributed by atoms with Gasteiger partial charge in [0, 0.05) is 5.56 Å². The van der Waals surface area contributed by atoms with Crippen LogP contribution in [0.2, 0.25) is 0 Å². The Bertz CT molecular complexity index is 863. The fourth-order valence-corrected chi connectivity index (χ4v) is 2.28. The van der Waals surface area contributed by atoms with Crippen LogP contribution in [0.25, 0.3) is 34.2 Å². The van der Waals surface area contributed by atoms with E-state index in [2.05, 4.69) is 22.3 Å². The molecule has 4 heteroatoms. The first-order valence-corrected chi connectivity index (χ1v) is 6.93. The van der Waals surface area contributed by atoms with E-state index in [0.717, 1.165) is 11.1 Å². The molecule has 0 bridgehead atoms. The van der Waals surface area contributed by atoms with Gasteiger partial charge in [0.15, 0.2) is 5.76 Å². The zero-order chi connectivity index (χ0) is 14.8. The number of furan rings is 1.